The summed E-state index contributed by atoms with van der Waals surface area (Å²) in [6.07, 6.45) is 0. The monoisotopic (exact) mass is 200 g/mol. The first-order chi connectivity index (χ1) is 6.81. The van der Waals surface area contributed by atoms with Crippen LogP contribution in [-0.2, 0) is 0 Å². The number of anilines is 1. The number of nitriles is 1. The Labute approximate surface area is 86.2 Å². The van der Waals surface area contributed by atoms with Gasteiger partial charge in [-0.1, -0.05) is 12.1 Å². The Morgan fingerprint density at radius 3 is 2.86 bits per heavy atom. The van der Waals surface area contributed by atoms with Crippen LogP contribution in [0.4, 0.5) is 5.69 Å². The lowest BCUT2D eigenvalue weighted by Crippen LogP contribution is -1.84. The fourth-order valence-corrected chi connectivity index (χ4v) is 2.04. The summed E-state index contributed by atoms with van der Waals surface area (Å²) >= 11 is 1.45. The molecular formula is C11H8N2S. The van der Waals surface area contributed by atoms with Gasteiger partial charge in [-0.05, 0) is 29.1 Å². The van der Waals surface area contributed by atoms with Gasteiger partial charge in [-0.2, -0.15) is 5.26 Å². The second kappa shape index (κ2) is 3.52. The molecule has 2 aromatic rings. The molecule has 1 aromatic carbocycles. The maximum Gasteiger partial charge on any atom is 0.112 e. The van der Waals surface area contributed by atoms with Crippen LogP contribution < -0.4 is 5.73 Å². The molecule has 0 spiro atoms. The Hall–Kier alpha value is -1.79. The van der Waals surface area contributed by atoms with E-state index < -0.39 is 0 Å². The van der Waals surface area contributed by atoms with Crippen molar-refractivity contribution in [3.63, 3.8) is 0 Å². The van der Waals surface area contributed by atoms with E-state index in [1.54, 1.807) is 0 Å². The predicted octanol–water partition coefficient (Wildman–Crippen LogP) is 2.87. The van der Waals surface area contributed by atoms with Crippen molar-refractivity contribution in [2.45, 2.75) is 0 Å². The van der Waals surface area contributed by atoms with Crippen molar-refractivity contribution in [2.75, 3.05) is 5.73 Å². The topological polar surface area (TPSA) is 49.8 Å². The molecule has 0 fully saturated rings. The number of benzene rings is 1. The molecule has 0 aliphatic carbocycles. The first kappa shape index (κ1) is 8.79. The van der Waals surface area contributed by atoms with Gasteiger partial charge in [0.05, 0.1) is 0 Å². The fourth-order valence-electron chi connectivity index (χ4n) is 1.33. The van der Waals surface area contributed by atoms with Gasteiger partial charge in [0.1, 0.15) is 10.9 Å². The van der Waals surface area contributed by atoms with Gasteiger partial charge in [-0.25, -0.2) is 0 Å². The number of nitrogens with two attached hydrogens (primary N) is 1. The van der Waals surface area contributed by atoms with E-state index in [9.17, 15) is 0 Å². The Bertz CT molecular complexity index is 494. The van der Waals surface area contributed by atoms with Gasteiger partial charge >= 0.3 is 0 Å². The van der Waals surface area contributed by atoms with Crippen LogP contribution in [0.25, 0.3) is 11.1 Å². The standard InChI is InChI=1S/C11H8N2S/c12-7-11-10(4-5-14-11)8-2-1-3-9(13)6-8/h1-6H,13H2. The summed E-state index contributed by atoms with van der Waals surface area (Å²) in [5.41, 5.74) is 8.36. The van der Waals surface area contributed by atoms with Gasteiger partial charge in [0.2, 0.25) is 0 Å². The molecule has 0 saturated heterocycles. The number of hydrogen-bond acceptors (Lipinski definition) is 3. The van der Waals surface area contributed by atoms with Crippen LogP contribution in [0, 0.1) is 11.3 Å². The number of thiophene rings is 1. The average Bonchev–Trinajstić information content (AvgIpc) is 2.65. The highest BCUT2D eigenvalue weighted by molar-refractivity contribution is 7.11. The minimum absolute atomic E-state index is 0.720. The van der Waals surface area contributed by atoms with Gasteiger partial charge in [0.25, 0.3) is 0 Å². The van der Waals surface area contributed by atoms with Gasteiger partial charge in [-0.15, -0.1) is 11.3 Å². The summed E-state index contributed by atoms with van der Waals surface area (Å²) in [5.74, 6) is 0. The van der Waals surface area contributed by atoms with Gasteiger partial charge in [0, 0.05) is 11.3 Å². The van der Waals surface area contributed by atoms with E-state index in [2.05, 4.69) is 6.07 Å². The Balaban J connectivity index is 2.56. The normalized spacial score (nSPS) is 9.64. The molecule has 68 valence electrons. The molecule has 3 heteroatoms. The maximum atomic E-state index is 8.87. The van der Waals surface area contributed by atoms with E-state index in [0.29, 0.717) is 0 Å². The molecule has 0 aliphatic heterocycles. The van der Waals surface area contributed by atoms with Crippen molar-refractivity contribution in [3.05, 3.63) is 40.6 Å². The molecule has 0 atom stereocenters. The van der Waals surface area contributed by atoms with Crippen molar-refractivity contribution < 1.29 is 0 Å². The van der Waals surface area contributed by atoms with Crippen molar-refractivity contribution in [1.82, 2.24) is 0 Å². The zero-order valence-electron chi connectivity index (χ0n) is 7.40. The highest BCUT2D eigenvalue weighted by Gasteiger charge is 2.05. The molecule has 1 aromatic heterocycles. The van der Waals surface area contributed by atoms with Crippen molar-refractivity contribution in [2.24, 2.45) is 0 Å². The summed E-state index contributed by atoms with van der Waals surface area (Å²) in [4.78, 5) is 0.732. The summed E-state index contributed by atoms with van der Waals surface area (Å²) in [6, 6.07) is 11.7. The van der Waals surface area contributed by atoms with E-state index in [1.807, 2.05) is 35.7 Å². The molecule has 14 heavy (non-hydrogen) atoms. The molecule has 2 N–H and O–H groups in total. The zero-order chi connectivity index (χ0) is 9.97. The molecule has 0 amide bonds. The van der Waals surface area contributed by atoms with Gasteiger partial charge in [-0.3, -0.25) is 0 Å². The lowest BCUT2D eigenvalue weighted by molar-refractivity contribution is 1.52. The Morgan fingerprint density at radius 2 is 2.14 bits per heavy atom. The first-order valence-electron chi connectivity index (χ1n) is 4.15. The molecule has 0 aliphatic rings. The summed E-state index contributed by atoms with van der Waals surface area (Å²) < 4.78 is 0. The van der Waals surface area contributed by atoms with Crippen molar-refractivity contribution in [1.29, 1.82) is 5.26 Å². The largest absolute Gasteiger partial charge is 0.399 e. The Morgan fingerprint density at radius 1 is 1.29 bits per heavy atom. The maximum absolute atomic E-state index is 8.87. The summed E-state index contributed by atoms with van der Waals surface area (Å²) in [6.45, 7) is 0. The third kappa shape index (κ3) is 1.48. The molecule has 2 rings (SSSR count). The van der Waals surface area contributed by atoms with Crippen LogP contribution in [0.2, 0.25) is 0 Å². The minimum atomic E-state index is 0.720. The molecular weight excluding hydrogens is 192 g/mol. The second-order valence-electron chi connectivity index (χ2n) is 2.90. The van der Waals surface area contributed by atoms with Crippen LogP contribution in [0.1, 0.15) is 4.88 Å². The van der Waals surface area contributed by atoms with Crippen molar-refractivity contribution in [3.8, 4) is 17.2 Å². The highest BCUT2D eigenvalue weighted by Crippen LogP contribution is 2.28. The molecule has 2 nitrogen and oxygen atoms in total. The third-order valence-corrected chi connectivity index (χ3v) is 2.78. The van der Waals surface area contributed by atoms with Gasteiger partial charge in [0.15, 0.2) is 0 Å². The molecule has 0 saturated carbocycles. The smallest absolute Gasteiger partial charge is 0.112 e. The van der Waals surface area contributed by atoms with E-state index in [0.717, 1.165) is 21.7 Å². The summed E-state index contributed by atoms with van der Waals surface area (Å²) in [5, 5.41) is 10.8. The number of nitrogen functional groups attached to an aromatic ring is 1. The van der Waals surface area contributed by atoms with E-state index in [1.165, 1.54) is 11.3 Å². The highest BCUT2D eigenvalue weighted by atomic mass is 32.1. The minimum Gasteiger partial charge on any atom is -0.399 e. The summed E-state index contributed by atoms with van der Waals surface area (Å²) in [7, 11) is 0. The second-order valence-corrected chi connectivity index (χ2v) is 3.82. The van der Waals surface area contributed by atoms with Crippen LogP contribution in [-0.4, -0.2) is 0 Å². The predicted molar refractivity (Wildman–Crippen MR) is 58.9 cm³/mol. The number of hydrogen-bond donors (Lipinski definition) is 1. The molecule has 1 heterocycles. The third-order valence-electron chi connectivity index (χ3n) is 1.96. The van der Waals surface area contributed by atoms with Crippen LogP contribution in [0.3, 0.4) is 0 Å². The average molecular weight is 200 g/mol. The fraction of sp³-hybridized carbons (Fsp3) is 0. The molecule has 0 bridgehead atoms. The van der Waals surface area contributed by atoms with Crippen LogP contribution in [0.15, 0.2) is 35.7 Å². The first-order valence-corrected chi connectivity index (χ1v) is 5.03. The van der Waals surface area contributed by atoms with E-state index >= 15 is 0 Å². The SMILES string of the molecule is N#Cc1sccc1-c1cccc(N)c1. The zero-order valence-corrected chi connectivity index (χ0v) is 8.21. The molecule has 0 radical (unpaired) electrons. The lowest BCUT2D eigenvalue weighted by atomic mass is 10.1. The number of rotatable bonds is 1. The van der Waals surface area contributed by atoms with Crippen molar-refractivity contribution >= 4 is 17.0 Å². The number of nitrogens with zero attached hydrogens (tertiary/aromatic N) is 1. The Kier molecular flexibility index (Phi) is 2.21. The lowest BCUT2D eigenvalue weighted by Gasteiger charge is -1.99. The molecule has 0 unspecified atom stereocenters. The van der Waals surface area contributed by atoms with Crippen LogP contribution >= 0.6 is 11.3 Å². The van der Waals surface area contributed by atoms with Gasteiger partial charge < -0.3 is 5.73 Å². The van der Waals surface area contributed by atoms with E-state index in [4.69, 9.17) is 11.0 Å². The van der Waals surface area contributed by atoms with E-state index in [-0.39, 0.29) is 0 Å². The quantitative estimate of drug-likeness (QED) is 0.719. The van der Waals surface area contributed by atoms with Crippen LogP contribution in [0.5, 0.6) is 0 Å².